The van der Waals surface area contributed by atoms with Crippen LogP contribution in [0.2, 0.25) is 0 Å². The van der Waals surface area contributed by atoms with Gasteiger partial charge < -0.3 is 9.84 Å². The molecule has 2 aliphatic heterocycles. The lowest BCUT2D eigenvalue weighted by molar-refractivity contribution is -0.116. The van der Waals surface area contributed by atoms with Crippen LogP contribution >= 0.6 is 0 Å². The Labute approximate surface area is 245 Å². The number of rotatable bonds is 6. The zero-order valence-corrected chi connectivity index (χ0v) is 23.4. The molecule has 0 unspecified atom stereocenters. The minimum atomic E-state index is -0.957. The molecule has 4 aromatic rings. The molecule has 3 fully saturated rings. The van der Waals surface area contributed by atoms with Gasteiger partial charge in [-0.3, -0.25) is 19.6 Å². The summed E-state index contributed by atoms with van der Waals surface area (Å²) in [6.45, 7) is 2.64. The number of terminal acetylenes is 1. The van der Waals surface area contributed by atoms with Crippen molar-refractivity contribution in [3.63, 3.8) is 0 Å². The fraction of sp³-hybridized carbons (Fsp3) is 0.375. The van der Waals surface area contributed by atoms with Crippen LogP contribution in [0.25, 0.3) is 32.9 Å². The van der Waals surface area contributed by atoms with Crippen molar-refractivity contribution in [1.82, 2.24) is 19.9 Å². The number of hydrogen-bond acceptors (Lipinski definition) is 7. The third kappa shape index (κ3) is 4.52. The number of nitrogens with zero attached hydrogens (tertiary/aromatic N) is 5. The average molecular weight is 588 g/mol. The first-order chi connectivity index (χ1) is 20.7. The van der Waals surface area contributed by atoms with E-state index in [1.807, 2.05) is 0 Å². The van der Waals surface area contributed by atoms with Crippen LogP contribution in [0.3, 0.4) is 0 Å². The first kappa shape index (κ1) is 27.4. The van der Waals surface area contributed by atoms with Gasteiger partial charge in [0.25, 0.3) is 0 Å². The Kier molecular flexibility index (Phi) is 6.43. The van der Waals surface area contributed by atoms with Gasteiger partial charge >= 0.3 is 6.01 Å². The smallest absolute Gasteiger partial charge is 0.319 e. The number of ether oxygens (including phenoxy) is 1. The number of amides is 1. The molecule has 0 radical (unpaired) electrons. The van der Waals surface area contributed by atoms with Crippen molar-refractivity contribution in [1.29, 1.82) is 0 Å². The quantitative estimate of drug-likeness (QED) is 0.307. The Morgan fingerprint density at radius 3 is 2.84 bits per heavy atom. The molecular formula is C32H28F3N5O3. The normalized spacial score (nSPS) is 21.7. The van der Waals surface area contributed by atoms with Crippen molar-refractivity contribution < 1.29 is 27.8 Å². The minimum Gasteiger partial charge on any atom is -0.508 e. The van der Waals surface area contributed by atoms with Gasteiger partial charge in [0.2, 0.25) is 5.91 Å². The van der Waals surface area contributed by atoms with Gasteiger partial charge in [-0.05, 0) is 55.8 Å². The van der Waals surface area contributed by atoms with Crippen LogP contribution in [0.1, 0.15) is 44.6 Å². The van der Waals surface area contributed by atoms with E-state index in [1.54, 1.807) is 0 Å². The lowest BCUT2D eigenvalue weighted by Gasteiger charge is -2.31. The molecule has 2 saturated heterocycles. The Morgan fingerprint density at radius 2 is 2.09 bits per heavy atom. The molecule has 2 aromatic carbocycles. The van der Waals surface area contributed by atoms with Gasteiger partial charge in [0.1, 0.15) is 35.6 Å². The minimum absolute atomic E-state index is 0.0792. The number of anilines is 1. The monoisotopic (exact) mass is 587 g/mol. The Balaban J connectivity index is 1.40. The molecule has 0 spiro atoms. The summed E-state index contributed by atoms with van der Waals surface area (Å²) < 4.78 is 51.8. The summed E-state index contributed by atoms with van der Waals surface area (Å²) in [5.74, 6) is 0.475. The summed E-state index contributed by atoms with van der Waals surface area (Å²) in [5, 5.41) is 11.3. The van der Waals surface area contributed by atoms with Crippen molar-refractivity contribution >= 4 is 33.4 Å². The first-order valence-corrected chi connectivity index (χ1v) is 14.3. The van der Waals surface area contributed by atoms with E-state index in [4.69, 9.17) is 11.2 Å². The highest BCUT2D eigenvalue weighted by molar-refractivity contribution is 6.04. The molecule has 11 heteroatoms. The SMILES string of the molecule is C#Cc1c(F)ccc2cc(O)cc(-c3ncc4c(N(C(C)=O)C5CC5)nc(OC[C@@]56CCCN5C[C@H](F)C6)nc4c3F)c12. The average Bonchev–Trinajstić information content (AvgIpc) is 3.64. The number of carbonyl (C=O) groups is 1. The van der Waals surface area contributed by atoms with Gasteiger partial charge in [0, 0.05) is 43.1 Å². The largest absolute Gasteiger partial charge is 0.508 e. The fourth-order valence-electron chi connectivity index (χ4n) is 6.77. The number of pyridine rings is 1. The topological polar surface area (TPSA) is 91.7 Å². The highest BCUT2D eigenvalue weighted by atomic mass is 19.1. The van der Waals surface area contributed by atoms with E-state index in [2.05, 4.69) is 25.8 Å². The molecular weight excluding hydrogens is 559 g/mol. The van der Waals surface area contributed by atoms with Crippen molar-refractivity contribution in [2.75, 3.05) is 24.6 Å². The number of halogens is 3. The maximum atomic E-state index is 16.6. The molecule has 1 amide bonds. The van der Waals surface area contributed by atoms with Crippen LogP contribution in [0, 0.1) is 24.0 Å². The van der Waals surface area contributed by atoms with Crippen molar-refractivity contribution in [3.8, 4) is 35.4 Å². The summed E-state index contributed by atoms with van der Waals surface area (Å²) in [6.07, 6.45) is 9.57. The molecule has 1 saturated carbocycles. The highest BCUT2D eigenvalue weighted by Crippen LogP contribution is 2.42. The van der Waals surface area contributed by atoms with Crippen LogP contribution in [0.15, 0.2) is 30.5 Å². The molecule has 2 atom stereocenters. The standard InChI is InChI=1S/C32H28F3N5O3/c1-3-22-25(34)8-5-18-11-21(42)12-23(26(18)22)28-27(35)29-24(14-36-28)30(40(17(2)41)20-6-7-20)38-31(37-29)43-16-32-9-4-10-39(32)15-19(33)13-32/h1,5,8,11-12,14,19-20,42H,4,6-7,9-10,13,15-16H2,2H3/t19-,32+/m1/s1. The third-order valence-corrected chi connectivity index (χ3v) is 8.81. The first-order valence-electron chi connectivity index (χ1n) is 14.3. The molecule has 1 N–H and O–H groups in total. The van der Waals surface area contributed by atoms with E-state index in [0.717, 1.165) is 32.2 Å². The number of hydrogen-bond donors (Lipinski definition) is 1. The highest BCUT2D eigenvalue weighted by Gasteiger charge is 2.49. The van der Waals surface area contributed by atoms with Gasteiger partial charge in [-0.2, -0.15) is 9.97 Å². The molecule has 0 bridgehead atoms. The third-order valence-electron chi connectivity index (χ3n) is 8.81. The summed E-state index contributed by atoms with van der Waals surface area (Å²) >= 11 is 0. The number of aromatic hydroxyl groups is 1. The number of carbonyl (C=O) groups excluding carboxylic acids is 1. The van der Waals surface area contributed by atoms with Gasteiger partial charge in [-0.25, -0.2) is 13.2 Å². The second kappa shape index (κ2) is 10.1. The zero-order valence-electron chi connectivity index (χ0n) is 23.4. The Hall–Kier alpha value is -4.43. The molecule has 8 nitrogen and oxygen atoms in total. The summed E-state index contributed by atoms with van der Waals surface area (Å²) in [4.78, 5) is 29.7. The second-order valence-corrected chi connectivity index (χ2v) is 11.7. The van der Waals surface area contributed by atoms with Crippen molar-refractivity contribution in [3.05, 3.63) is 47.7 Å². The van der Waals surface area contributed by atoms with Crippen molar-refractivity contribution in [2.24, 2.45) is 0 Å². The molecule has 7 rings (SSSR count). The van der Waals surface area contributed by atoms with Crippen LogP contribution < -0.4 is 9.64 Å². The van der Waals surface area contributed by atoms with Gasteiger partial charge in [-0.15, -0.1) is 6.42 Å². The number of fused-ring (bicyclic) bond motifs is 3. The van der Waals surface area contributed by atoms with Gasteiger partial charge in [0.05, 0.1) is 16.5 Å². The maximum Gasteiger partial charge on any atom is 0.319 e. The van der Waals surface area contributed by atoms with Gasteiger partial charge in [-0.1, -0.05) is 12.0 Å². The number of alkyl halides is 1. The van der Waals surface area contributed by atoms with Gasteiger partial charge in [0.15, 0.2) is 11.6 Å². The molecule has 220 valence electrons. The van der Waals surface area contributed by atoms with E-state index < -0.39 is 23.3 Å². The van der Waals surface area contributed by atoms with Crippen LogP contribution in [-0.4, -0.2) is 68.3 Å². The van der Waals surface area contributed by atoms with E-state index in [0.29, 0.717) is 18.4 Å². The van der Waals surface area contributed by atoms with E-state index >= 15 is 4.39 Å². The number of aromatic nitrogens is 3. The molecule has 2 aromatic heterocycles. The summed E-state index contributed by atoms with van der Waals surface area (Å²) in [5.41, 5.74) is -0.894. The van der Waals surface area contributed by atoms with E-state index in [9.17, 15) is 18.7 Å². The number of phenolic OH excluding ortho intramolecular Hbond substituents is 1. The summed E-state index contributed by atoms with van der Waals surface area (Å²) in [6, 6.07) is 5.05. The molecule has 43 heavy (non-hydrogen) atoms. The lowest BCUT2D eigenvalue weighted by Crippen LogP contribution is -2.43. The van der Waals surface area contributed by atoms with E-state index in [1.165, 1.54) is 42.3 Å². The van der Waals surface area contributed by atoms with Crippen LogP contribution in [-0.2, 0) is 4.79 Å². The predicted molar refractivity (Wildman–Crippen MR) is 155 cm³/mol. The Bertz CT molecular complexity index is 1860. The lowest BCUT2D eigenvalue weighted by atomic mass is 9.95. The second-order valence-electron chi connectivity index (χ2n) is 11.7. The van der Waals surface area contributed by atoms with Crippen LogP contribution in [0.5, 0.6) is 11.8 Å². The number of benzene rings is 2. The molecule has 4 heterocycles. The summed E-state index contributed by atoms with van der Waals surface area (Å²) in [7, 11) is 0. The molecule has 3 aliphatic rings. The fourth-order valence-corrected chi connectivity index (χ4v) is 6.77. The van der Waals surface area contributed by atoms with E-state index in [-0.39, 0.29) is 69.2 Å². The molecule has 1 aliphatic carbocycles. The number of phenols is 1. The predicted octanol–water partition coefficient (Wildman–Crippen LogP) is 5.28. The Morgan fingerprint density at radius 1 is 1.28 bits per heavy atom. The zero-order chi connectivity index (χ0) is 30.0. The maximum absolute atomic E-state index is 16.6. The van der Waals surface area contributed by atoms with Crippen molar-refractivity contribution in [2.45, 2.75) is 56.8 Å². The van der Waals surface area contributed by atoms with Crippen LogP contribution in [0.4, 0.5) is 19.0 Å².